The molecule has 1 aromatic heterocycles. The van der Waals surface area contributed by atoms with Crippen molar-refractivity contribution in [1.29, 1.82) is 0 Å². The summed E-state index contributed by atoms with van der Waals surface area (Å²) < 4.78 is 13.6. The van der Waals surface area contributed by atoms with Crippen LogP contribution in [0.5, 0.6) is 0 Å². The topological polar surface area (TPSA) is 48.3 Å². The van der Waals surface area contributed by atoms with Gasteiger partial charge in [0, 0.05) is 19.8 Å². The summed E-state index contributed by atoms with van der Waals surface area (Å²) in [5.41, 5.74) is 2.32. The van der Waals surface area contributed by atoms with Crippen molar-refractivity contribution in [3.05, 3.63) is 30.1 Å². The van der Waals surface area contributed by atoms with Crippen LogP contribution in [-0.2, 0) is 22.6 Å². The number of nitrogens with zero attached hydrogens (tertiary/aromatic N) is 2. The van der Waals surface area contributed by atoms with Crippen LogP contribution >= 0.6 is 0 Å². The summed E-state index contributed by atoms with van der Waals surface area (Å²) >= 11 is 0. The highest BCUT2D eigenvalue weighted by Crippen LogP contribution is 2.16. The van der Waals surface area contributed by atoms with Crippen LogP contribution in [0.25, 0.3) is 11.0 Å². The Bertz CT molecular complexity index is 620. The smallest absolute Gasteiger partial charge is 0.123 e. The van der Waals surface area contributed by atoms with Gasteiger partial charge in [-0.2, -0.15) is 0 Å². The summed E-state index contributed by atoms with van der Waals surface area (Å²) in [6.45, 7) is 7.40. The Kier molecular flexibility index (Phi) is 6.64. The fourth-order valence-electron chi connectivity index (χ4n) is 3.22. The van der Waals surface area contributed by atoms with Crippen LogP contribution in [0.4, 0.5) is 0 Å². The molecule has 1 saturated heterocycles. The molecule has 0 aliphatic carbocycles. The number of rotatable bonds is 10. The van der Waals surface area contributed by atoms with E-state index in [9.17, 15) is 0 Å². The predicted molar refractivity (Wildman–Crippen MR) is 96.1 cm³/mol. The van der Waals surface area contributed by atoms with Crippen molar-refractivity contribution in [1.82, 2.24) is 14.9 Å². The average molecular weight is 331 g/mol. The van der Waals surface area contributed by atoms with Crippen molar-refractivity contribution in [3.63, 3.8) is 0 Å². The van der Waals surface area contributed by atoms with Crippen molar-refractivity contribution in [2.24, 2.45) is 0 Å². The largest absolute Gasteiger partial charge is 0.379 e. The van der Waals surface area contributed by atoms with Crippen molar-refractivity contribution >= 4 is 11.0 Å². The third-order valence-electron chi connectivity index (χ3n) is 4.43. The van der Waals surface area contributed by atoms with E-state index in [0.29, 0.717) is 6.10 Å². The number of ether oxygens (including phenoxy) is 2. The van der Waals surface area contributed by atoms with Crippen LogP contribution in [0.2, 0.25) is 0 Å². The number of hydrogen-bond donors (Lipinski definition) is 1. The van der Waals surface area contributed by atoms with Gasteiger partial charge >= 0.3 is 0 Å². The summed E-state index contributed by atoms with van der Waals surface area (Å²) in [6, 6.07) is 8.37. The SMILES string of the molecule is CCCn1c(CNCCCOCC2CCCO2)nc2ccccc21. The maximum absolute atomic E-state index is 5.69. The molecule has 0 radical (unpaired) electrons. The molecule has 2 aromatic rings. The van der Waals surface area contributed by atoms with Gasteiger partial charge in [0.15, 0.2) is 0 Å². The number of imidazole rings is 1. The van der Waals surface area contributed by atoms with Gasteiger partial charge in [-0.1, -0.05) is 19.1 Å². The molecule has 1 unspecified atom stereocenters. The molecule has 5 nitrogen and oxygen atoms in total. The van der Waals surface area contributed by atoms with Crippen LogP contribution < -0.4 is 5.32 Å². The zero-order valence-corrected chi connectivity index (χ0v) is 14.7. The second-order valence-corrected chi connectivity index (χ2v) is 6.41. The molecule has 2 heterocycles. The zero-order valence-electron chi connectivity index (χ0n) is 14.7. The average Bonchev–Trinajstić information content (AvgIpc) is 3.23. The van der Waals surface area contributed by atoms with E-state index in [0.717, 1.165) is 70.1 Å². The van der Waals surface area contributed by atoms with E-state index < -0.39 is 0 Å². The Morgan fingerprint density at radius 3 is 3.12 bits per heavy atom. The lowest BCUT2D eigenvalue weighted by Gasteiger charge is -2.11. The van der Waals surface area contributed by atoms with Crippen LogP contribution in [0.3, 0.4) is 0 Å². The second kappa shape index (κ2) is 9.16. The summed E-state index contributed by atoms with van der Waals surface area (Å²) in [7, 11) is 0. The van der Waals surface area contributed by atoms with Crippen LogP contribution in [-0.4, -0.2) is 42.0 Å². The van der Waals surface area contributed by atoms with Crippen molar-refractivity contribution < 1.29 is 9.47 Å². The molecule has 1 fully saturated rings. The highest BCUT2D eigenvalue weighted by Gasteiger charge is 2.15. The van der Waals surface area contributed by atoms with Gasteiger partial charge in [-0.05, 0) is 44.4 Å². The van der Waals surface area contributed by atoms with Gasteiger partial charge in [0.05, 0.1) is 30.3 Å². The van der Waals surface area contributed by atoms with Crippen LogP contribution in [0, 0.1) is 0 Å². The molecule has 3 rings (SSSR count). The Balaban J connectivity index is 1.39. The highest BCUT2D eigenvalue weighted by molar-refractivity contribution is 5.75. The van der Waals surface area contributed by atoms with Crippen LogP contribution in [0.15, 0.2) is 24.3 Å². The predicted octanol–water partition coefficient (Wildman–Crippen LogP) is 3.12. The van der Waals surface area contributed by atoms with Gasteiger partial charge < -0.3 is 19.4 Å². The first-order valence-corrected chi connectivity index (χ1v) is 9.22. The van der Waals surface area contributed by atoms with Gasteiger partial charge in [-0.3, -0.25) is 0 Å². The number of para-hydroxylation sites is 2. The number of aromatic nitrogens is 2. The van der Waals surface area contributed by atoms with Crippen molar-refractivity contribution in [2.45, 2.75) is 51.8 Å². The van der Waals surface area contributed by atoms with E-state index in [-0.39, 0.29) is 0 Å². The maximum atomic E-state index is 5.69. The van der Waals surface area contributed by atoms with Gasteiger partial charge in [-0.25, -0.2) is 4.98 Å². The number of aryl methyl sites for hydroxylation is 1. The summed E-state index contributed by atoms with van der Waals surface area (Å²) in [6.07, 6.45) is 4.78. The van der Waals surface area contributed by atoms with E-state index in [1.165, 1.54) is 11.9 Å². The molecule has 1 aliphatic rings. The fourth-order valence-corrected chi connectivity index (χ4v) is 3.22. The molecule has 0 saturated carbocycles. The fraction of sp³-hybridized carbons (Fsp3) is 0.632. The first-order valence-electron chi connectivity index (χ1n) is 9.22. The number of hydrogen-bond acceptors (Lipinski definition) is 4. The highest BCUT2D eigenvalue weighted by atomic mass is 16.5. The molecule has 0 amide bonds. The van der Waals surface area contributed by atoms with Gasteiger partial charge in [0.1, 0.15) is 5.82 Å². The van der Waals surface area contributed by atoms with E-state index in [1.807, 2.05) is 6.07 Å². The zero-order chi connectivity index (χ0) is 16.6. The maximum Gasteiger partial charge on any atom is 0.123 e. The molecular weight excluding hydrogens is 302 g/mol. The molecule has 24 heavy (non-hydrogen) atoms. The van der Waals surface area contributed by atoms with E-state index in [2.05, 4.69) is 35.0 Å². The van der Waals surface area contributed by atoms with Crippen LogP contribution in [0.1, 0.15) is 38.4 Å². The third-order valence-corrected chi connectivity index (χ3v) is 4.43. The summed E-state index contributed by atoms with van der Waals surface area (Å²) in [5, 5.41) is 3.50. The van der Waals surface area contributed by atoms with Gasteiger partial charge in [0.2, 0.25) is 0 Å². The quantitative estimate of drug-likeness (QED) is 0.680. The normalized spacial score (nSPS) is 17.8. The third kappa shape index (κ3) is 4.56. The molecular formula is C19H29N3O2. The first-order chi connectivity index (χ1) is 11.9. The van der Waals surface area contributed by atoms with E-state index in [1.54, 1.807) is 0 Å². The summed E-state index contributed by atoms with van der Waals surface area (Å²) in [4.78, 5) is 4.77. The first kappa shape index (κ1) is 17.4. The molecule has 1 aliphatic heterocycles. The minimum Gasteiger partial charge on any atom is -0.379 e. The minimum atomic E-state index is 0.326. The molecule has 0 bridgehead atoms. The second-order valence-electron chi connectivity index (χ2n) is 6.41. The van der Waals surface area contributed by atoms with Gasteiger partial charge in [-0.15, -0.1) is 0 Å². The lowest BCUT2D eigenvalue weighted by atomic mass is 10.2. The standard InChI is InChI=1S/C19H29N3O2/c1-2-11-22-18-9-4-3-8-17(18)21-19(22)14-20-10-6-12-23-15-16-7-5-13-24-16/h3-4,8-9,16,20H,2,5-7,10-15H2,1H3. The minimum absolute atomic E-state index is 0.326. The Morgan fingerprint density at radius 1 is 1.38 bits per heavy atom. The molecule has 132 valence electrons. The Morgan fingerprint density at radius 2 is 2.29 bits per heavy atom. The van der Waals surface area contributed by atoms with E-state index in [4.69, 9.17) is 14.5 Å². The molecule has 0 spiro atoms. The van der Waals surface area contributed by atoms with Gasteiger partial charge in [0.25, 0.3) is 0 Å². The van der Waals surface area contributed by atoms with Crippen molar-refractivity contribution in [2.75, 3.05) is 26.4 Å². The number of benzene rings is 1. The van der Waals surface area contributed by atoms with Crippen molar-refractivity contribution in [3.8, 4) is 0 Å². The Labute approximate surface area is 144 Å². The molecule has 5 heteroatoms. The summed E-state index contributed by atoms with van der Waals surface area (Å²) in [5.74, 6) is 1.12. The Hall–Kier alpha value is -1.43. The molecule has 1 N–H and O–H groups in total. The lowest BCUT2D eigenvalue weighted by molar-refractivity contribution is 0.0166. The number of fused-ring (bicyclic) bond motifs is 1. The molecule has 1 aromatic carbocycles. The molecule has 1 atom stereocenters. The number of nitrogens with one attached hydrogen (secondary N) is 1. The van der Waals surface area contributed by atoms with E-state index >= 15 is 0 Å². The monoisotopic (exact) mass is 331 g/mol. The lowest BCUT2D eigenvalue weighted by Crippen LogP contribution is -2.20.